The van der Waals surface area contributed by atoms with Crippen LogP contribution in [0.1, 0.15) is 25.7 Å². The summed E-state index contributed by atoms with van der Waals surface area (Å²) >= 11 is 0. The van der Waals surface area contributed by atoms with Gasteiger partial charge >= 0.3 is 11.9 Å². The summed E-state index contributed by atoms with van der Waals surface area (Å²) in [6.45, 7) is 0. The number of hydrogen-bond donors (Lipinski definition) is 3. The Morgan fingerprint density at radius 1 is 1.17 bits per heavy atom. The van der Waals surface area contributed by atoms with Gasteiger partial charge in [0.05, 0.1) is 9.82 Å². The molecule has 3 N–H and O–H groups in total. The highest BCUT2D eigenvalue weighted by atomic mass is 32.2. The Balaban J connectivity index is 2.78. The molecule has 132 valence electrons. The van der Waals surface area contributed by atoms with Gasteiger partial charge in [0.15, 0.2) is 0 Å². The van der Waals surface area contributed by atoms with Crippen LogP contribution >= 0.6 is 0 Å². The second-order valence-corrected chi connectivity index (χ2v) is 6.62. The van der Waals surface area contributed by atoms with Crippen molar-refractivity contribution in [3.8, 4) is 0 Å². The Morgan fingerprint density at radius 2 is 1.75 bits per heavy atom. The van der Waals surface area contributed by atoms with Crippen LogP contribution in [-0.4, -0.2) is 41.5 Å². The highest BCUT2D eigenvalue weighted by Crippen LogP contribution is 2.16. The zero-order valence-electron chi connectivity index (χ0n) is 12.4. The Bertz CT molecular complexity index is 714. The van der Waals surface area contributed by atoms with E-state index in [9.17, 15) is 28.1 Å². The lowest BCUT2D eigenvalue weighted by molar-refractivity contribution is -0.384. The molecule has 0 amide bonds. The van der Waals surface area contributed by atoms with E-state index in [1.165, 1.54) is 0 Å². The quantitative estimate of drug-likeness (QED) is 0.315. The molecule has 1 aromatic rings. The van der Waals surface area contributed by atoms with Crippen molar-refractivity contribution in [3.05, 3.63) is 34.4 Å². The minimum Gasteiger partial charge on any atom is -0.481 e. The Labute approximate surface area is 137 Å². The Kier molecular flexibility index (Phi) is 6.80. The molecule has 10 nitrogen and oxygen atoms in total. The summed E-state index contributed by atoms with van der Waals surface area (Å²) in [5, 5.41) is 28.1. The monoisotopic (exact) mass is 360 g/mol. The van der Waals surface area contributed by atoms with Gasteiger partial charge in [-0.1, -0.05) is 6.42 Å². The van der Waals surface area contributed by atoms with Gasteiger partial charge in [-0.05, 0) is 25.0 Å². The summed E-state index contributed by atoms with van der Waals surface area (Å²) in [6.07, 6.45) is 0.223. The molecule has 0 heterocycles. The zero-order valence-corrected chi connectivity index (χ0v) is 13.2. The second kappa shape index (κ2) is 8.36. The number of sulfonamides is 1. The molecule has 1 unspecified atom stereocenters. The van der Waals surface area contributed by atoms with Crippen molar-refractivity contribution in [2.24, 2.45) is 0 Å². The number of unbranched alkanes of at least 4 members (excludes halogenated alkanes) is 1. The normalized spacial score (nSPS) is 12.5. The molecule has 0 fully saturated rings. The van der Waals surface area contributed by atoms with Crippen LogP contribution in [0.5, 0.6) is 0 Å². The van der Waals surface area contributed by atoms with Gasteiger partial charge in [-0.2, -0.15) is 4.72 Å². The van der Waals surface area contributed by atoms with E-state index in [0.29, 0.717) is 0 Å². The average Bonchev–Trinajstić information content (AvgIpc) is 2.49. The van der Waals surface area contributed by atoms with Crippen molar-refractivity contribution in [2.75, 3.05) is 0 Å². The molecular formula is C13H16N2O8S. The molecule has 0 aliphatic carbocycles. The summed E-state index contributed by atoms with van der Waals surface area (Å²) < 4.78 is 26.3. The second-order valence-electron chi connectivity index (χ2n) is 4.90. The van der Waals surface area contributed by atoms with Crippen LogP contribution in [0.3, 0.4) is 0 Å². The maximum absolute atomic E-state index is 12.1. The zero-order chi connectivity index (χ0) is 18.3. The minimum absolute atomic E-state index is 0.0746. The molecule has 0 aliphatic rings. The molecule has 24 heavy (non-hydrogen) atoms. The van der Waals surface area contributed by atoms with Gasteiger partial charge in [-0.25, -0.2) is 8.42 Å². The molecule has 0 aliphatic heterocycles. The fourth-order valence-electron chi connectivity index (χ4n) is 1.86. The van der Waals surface area contributed by atoms with Gasteiger partial charge < -0.3 is 10.2 Å². The van der Waals surface area contributed by atoms with E-state index < -0.39 is 32.9 Å². The first kappa shape index (κ1) is 19.5. The van der Waals surface area contributed by atoms with E-state index in [4.69, 9.17) is 10.2 Å². The number of rotatable bonds is 10. The van der Waals surface area contributed by atoms with Crippen LogP contribution in [0.25, 0.3) is 0 Å². The Hall–Kier alpha value is -2.53. The van der Waals surface area contributed by atoms with E-state index in [1.807, 2.05) is 4.72 Å². The summed E-state index contributed by atoms with van der Waals surface area (Å²) in [6, 6.07) is 2.58. The highest BCUT2D eigenvalue weighted by Gasteiger charge is 2.25. The molecule has 11 heteroatoms. The van der Waals surface area contributed by atoms with E-state index >= 15 is 0 Å². The third kappa shape index (κ3) is 5.93. The van der Waals surface area contributed by atoms with Gasteiger partial charge in [-0.15, -0.1) is 0 Å². The molecule has 0 saturated carbocycles. The first-order chi connectivity index (χ1) is 11.1. The predicted octanol–water partition coefficient (Wildman–Crippen LogP) is 0.971. The van der Waals surface area contributed by atoms with Gasteiger partial charge in [0.2, 0.25) is 10.0 Å². The molecule has 0 spiro atoms. The van der Waals surface area contributed by atoms with E-state index in [0.717, 1.165) is 24.3 Å². The van der Waals surface area contributed by atoms with Crippen molar-refractivity contribution in [1.29, 1.82) is 0 Å². The first-order valence-electron chi connectivity index (χ1n) is 6.85. The third-order valence-corrected chi connectivity index (χ3v) is 4.57. The molecule has 1 rings (SSSR count). The number of nitrogens with one attached hydrogen (secondary N) is 1. The molecule has 1 atom stereocenters. The van der Waals surface area contributed by atoms with Gasteiger partial charge in [0, 0.05) is 18.6 Å². The molecule has 1 aromatic carbocycles. The van der Waals surface area contributed by atoms with Crippen molar-refractivity contribution in [1.82, 2.24) is 4.72 Å². The third-order valence-electron chi connectivity index (χ3n) is 3.09. The van der Waals surface area contributed by atoms with Gasteiger partial charge in [0.25, 0.3) is 5.69 Å². The SMILES string of the molecule is O=C(O)CCCCC(NS(=O)(=O)c1ccc([N+](=O)[O-])cc1)C(=O)O. The topological polar surface area (TPSA) is 164 Å². The fraction of sp³-hybridized carbons (Fsp3) is 0.385. The summed E-state index contributed by atoms with van der Waals surface area (Å²) in [4.78, 5) is 31.1. The molecule has 0 bridgehead atoms. The lowest BCUT2D eigenvalue weighted by Crippen LogP contribution is -2.40. The van der Waals surface area contributed by atoms with Crippen LogP contribution in [0, 0.1) is 10.1 Å². The van der Waals surface area contributed by atoms with Crippen LogP contribution < -0.4 is 4.72 Å². The largest absolute Gasteiger partial charge is 0.481 e. The predicted molar refractivity (Wildman–Crippen MR) is 80.9 cm³/mol. The Morgan fingerprint density at radius 3 is 2.21 bits per heavy atom. The molecule has 0 saturated heterocycles. The number of nitrogens with zero attached hydrogens (tertiary/aromatic N) is 1. The molecule has 0 radical (unpaired) electrons. The highest BCUT2D eigenvalue weighted by molar-refractivity contribution is 7.89. The standard InChI is InChI=1S/C13H16N2O8S/c16-12(17)4-2-1-3-11(13(18)19)14-24(22,23)10-7-5-9(6-8-10)15(20)21/h5-8,11,14H,1-4H2,(H,16,17)(H,18,19). The summed E-state index contributed by atoms with van der Waals surface area (Å²) in [7, 11) is -4.17. The van der Waals surface area contributed by atoms with Crippen LogP contribution in [0.15, 0.2) is 29.2 Å². The minimum atomic E-state index is -4.17. The summed E-state index contributed by atoms with van der Waals surface area (Å²) in [5.74, 6) is -2.41. The van der Waals surface area contributed by atoms with Gasteiger partial charge in [0.1, 0.15) is 6.04 Å². The maximum Gasteiger partial charge on any atom is 0.321 e. The first-order valence-corrected chi connectivity index (χ1v) is 8.33. The van der Waals surface area contributed by atoms with Crippen molar-refractivity contribution < 1.29 is 33.1 Å². The maximum atomic E-state index is 12.1. The molecule has 0 aromatic heterocycles. The number of hydrogen-bond acceptors (Lipinski definition) is 6. The average molecular weight is 360 g/mol. The smallest absolute Gasteiger partial charge is 0.321 e. The van der Waals surface area contributed by atoms with E-state index in [-0.39, 0.29) is 36.3 Å². The number of benzene rings is 1. The lowest BCUT2D eigenvalue weighted by Gasteiger charge is -2.14. The van der Waals surface area contributed by atoms with Crippen LogP contribution in [0.2, 0.25) is 0 Å². The summed E-state index contributed by atoms with van der Waals surface area (Å²) in [5.41, 5.74) is -0.294. The van der Waals surface area contributed by atoms with Crippen LogP contribution in [-0.2, 0) is 19.6 Å². The van der Waals surface area contributed by atoms with Crippen molar-refractivity contribution >= 4 is 27.6 Å². The fourth-order valence-corrected chi connectivity index (χ4v) is 3.08. The van der Waals surface area contributed by atoms with Crippen molar-refractivity contribution in [3.63, 3.8) is 0 Å². The number of nitro benzene ring substituents is 1. The van der Waals surface area contributed by atoms with E-state index in [1.54, 1.807) is 0 Å². The number of carbonyl (C=O) groups is 2. The molecular weight excluding hydrogens is 344 g/mol. The number of carboxylic acid groups (broad SMARTS) is 2. The lowest BCUT2D eigenvalue weighted by atomic mass is 10.1. The van der Waals surface area contributed by atoms with Crippen LogP contribution in [0.4, 0.5) is 5.69 Å². The number of nitro groups is 1. The van der Waals surface area contributed by atoms with Crippen molar-refractivity contribution in [2.45, 2.75) is 36.6 Å². The van der Waals surface area contributed by atoms with Gasteiger partial charge in [-0.3, -0.25) is 19.7 Å². The number of aliphatic carboxylic acids is 2. The van der Waals surface area contributed by atoms with E-state index in [2.05, 4.69) is 0 Å². The number of non-ortho nitro benzene ring substituents is 1. The number of carboxylic acids is 2.